The molecule has 104 valence electrons. The molecule has 19 heavy (non-hydrogen) atoms. The summed E-state index contributed by atoms with van der Waals surface area (Å²) in [6, 6.07) is 7.67. The van der Waals surface area contributed by atoms with Crippen LogP contribution < -0.4 is 0 Å². The van der Waals surface area contributed by atoms with E-state index in [0.29, 0.717) is 6.42 Å². The summed E-state index contributed by atoms with van der Waals surface area (Å²) in [7, 11) is 0. The lowest BCUT2D eigenvalue weighted by Crippen LogP contribution is -2.51. The Morgan fingerprint density at radius 3 is 2.21 bits per heavy atom. The van der Waals surface area contributed by atoms with Crippen LogP contribution in [0.25, 0.3) is 0 Å². The maximum absolute atomic E-state index is 11.5. The molecule has 1 unspecified atom stereocenters. The Morgan fingerprint density at radius 2 is 1.68 bits per heavy atom. The van der Waals surface area contributed by atoms with E-state index in [4.69, 9.17) is 0 Å². The molecule has 1 aliphatic carbocycles. The smallest absolute Gasteiger partial charge is 0.312 e. The molecule has 0 aromatic heterocycles. The molecule has 1 aromatic carbocycles. The quantitative estimate of drug-likeness (QED) is 0.861. The maximum Gasteiger partial charge on any atom is 0.312 e. The van der Waals surface area contributed by atoms with E-state index >= 15 is 0 Å². The second-order valence-corrected chi connectivity index (χ2v) is 6.72. The SMILES string of the molecule is CC1(C)CCC(O)(C(C)(C)C(=O)O)c2ccccc21. The molecule has 1 aromatic rings. The fraction of sp³-hybridized carbons (Fsp3) is 0.562. The van der Waals surface area contributed by atoms with Crippen LogP contribution in [0.3, 0.4) is 0 Å². The summed E-state index contributed by atoms with van der Waals surface area (Å²) < 4.78 is 0. The van der Waals surface area contributed by atoms with Crippen LogP contribution in [0.4, 0.5) is 0 Å². The first-order valence-corrected chi connectivity index (χ1v) is 6.69. The summed E-state index contributed by atoms with van der Waals surface area (Å²) in [5.74, 6) is -0.968. The molecule has 1 aliphatic rings. The number of hydrogen-bond acceptors (Lipinski definition) is 2. The maximum atomic E-state index is 11.5. The Kier molecular flexibility index (Phi) is 3.01. The van der Waals surface area contributed by atoms with Crippen LogP contribution in [-0.2, 0) is 15.8 Å². The van der Waals surface area contributed by atoms with Crippen molar-refractivity contribution in [2.75, 3.05) is 0 Å². The number of carboxylic acid groups (broad SMARTS) is 1. The summed E-state index contributed by atoms with van der Waals surface area (Å²) >= 11 is 0. The molecule has 0 saturated carbocycles. The summed E-state index contributed by atoms with van der Waals surface area (Å²) in [5, 5.41) is 20.5. The van der Waals surface area contributed by atoms with Crippen LogP contribution in [0.5, 0.6) is 0 Å². The average Bonchev–Trinajstić information content (AvgIpc) is 2.34. The van der Waals surface area contributed by atoms with Gasteiger partial charge in [0.25, 0.3) is 0 Å². The zero-order valence-electron chi connectivity index (χ0n) is 12.0. The third-order valence-electron chi connectivity index (χ3n) is 4.78. The summed E-state index contributed by atoms with van der Waals surface area (Å²) in [6.07, 6.45) is 1.24. The van der Waals surface area contributed by atoms with Gasteiger partial charge in [0.2, 0.25) is 0 Å². The molecule has 0 fully saturated rings. The zero-order valence-corrected chi connectivity index (χ0v) is 12.0. The van der Waals surface area contributed by atoms with E-state index in [2.05, 4.69) is 13.8 Å². The highest BCUT2D eigenvalue weighted by Crippen LogP contribution is 2.52. The van der Waals surface area contributed by atoms with Gasteiger partial charge in [0.1, 0.15) is 5.60 Å². The van der Waals surface area contributed by atoms with Crippen molar-refractivity contribution in [1.82, 2.24) is 0 Å². The normalized spacial score (nSPS) is 25.7. The molecule has 0 spiro atoms. The van der Waals surface area contributed by atoms with Crippen molar-refractivity contribution < 1.29 is 15.0 Å². The van der Waals surface area contributed by atoms with Crippen molar-refractivity contribution in [3.63, 3.8) is 0 Å². The minimum Gasteiger partial charge on any atom is -0.481 e. The Hall–Kier alpha value is -1.35. The number of aliphatic carboxylic acids is 1. The number of benzene rings is 1. The van der Waals surface area contributed by atoms with Gasteiger partial charge in [-0.2, -0.15) is 0 Å². The van der Waals surface area contributed by atoms with E-state index in [1.54, 1.807) is 13.8 Å². The molecule has 0 aliphatic heterocycles. The van der Waals surface area contributed by atoms with E-state index in [1.165, 1.54) is 0 Å². The largest absolute Gasteiger partial charge is 0.481 e. The molecule has 3 heteroatoms. The van der Waals surface area contributed by atoms with Gasteiger partial charge in [0.15, 0.2) is 0 Å². The van der Waals surface area contributed by atoms with Crippen LogP contribution in [0.15, 0.2) is 24.3 Å². The Balaban J connectivity index is 2.66. The summed E-state index contributed by atoms with van der Waals surface area (Å²) in [5.41, 5.74) is -0.737. The predicted octanol–water partition coefficient (Wildman–Crippen LogP) is 3.06. The van der Waals surface area contributed by atoms with Gasteiger partial charge in [-0.05, 0) is 43.2 Å². The van der Waals surface area contributed by atoms with Crippen LogP contribution in [0, 0.1) is 5.41 Å². The summed E-state index contributed by atoms with van der Waals surface area (Å²) in [4.78, 5) is 11.5. The Bertz CT molecular complexity index is 516. The van der Waals surface area contributed by atoms with Gasteiger partial charge in [0, 0.05) is 0 Å². The fourth-order valence-corrected chi connectivity index (χ4v) is 3.02. The van der Waals surface area contributed by atoms with Gasteiger partial charge in [0.05, 0.1) is 5.41 Å². The minimum absolute atomic E-state index is 0.0304. The number of carbonyl (C=O) groups is 1. The third kappa shape index (κ3) is 1.88. The number of hydrogen-bond donors (Lipinski definition) is 2. The van der Waals surface area contributed by atoms with E-state index in [-0.39, 0.29) is 5.41 Å². The third-order valence-corrected chi connectivity index (χ3v) is 4.78. The molecule has 3 nitrogen and oxygen atoms in total. The Morgan fingerprint density at radius 1 is 1.16 bits per heavy atom. The first-order chi connectivity index (χ1) is 8.63. The number of rotatable bonds is 2. The molecule has 2 rings (SSSR count). The molecule has 1 atom stereocenters. The van der Waals surface area contributed by atoms with Gasteiger partial charge in [-0.15, -0.1) is 0 Å². The fourth-order valence-electron chi connectivity index (χ4n) is 3.02. The molecule has 0 saturated heterocycles. The highest BCUT2D eigenvalue weighted by atomic mass is 16.4. The predicted molar refractivity (Wildman–Crippen MR) is 74.0 cm³/mol. The first kappa shape index (κ1) is 14.1. The van der Waals surface area contributed by atoms with E-state index in [0.717, 1.165) is 17.5 Å². The van der Waals surface area contributed by atoms with E-state index in [9.17, 15) is 15.0 Å². The lowest BCUT2D eigenvalue weighted by Gasteiger charge is -2.48. The van der Waals surface area contributed by atoms with Crippen molar-refractivity contribution >= 4 is 5.97 Å². The number of carboxylic acids is 1. The van der Waals surface area contributed by atoms with E-state index in [1.807, 2.05) is 24.3 Å². The average molecular weight is 262 g/mol. The highest BCUT2D eigenvalue weighted by molar-refractivity contribution is 5.76. The molecule has 2 N–H and O–H groups in total. The zero-order chi connectivity index (χ0) is 14.5. The highest BCUT2D eigenvalue weighted by Gasteiger charge is 2.54. The lowest BCUT2D eigenvalue weighted by molar-refractivity contribution is -0.169. The molecule has 0 heterocycles. The standard InChI is InChI=1S/C16H22O3/c1-14(2)9-10-16(19,15(3,4)13(17)18)12-8-6-5-7-11(12)14/h5-8,19H,9-10H2,1-4H3,(H,17,18). The van der Waals surface area contributed by atoms with Gasteiger partial charge in [-0.1, -0.05) is 38.1 Å². The van der Waals surface area contributed by atoms with Crippen molar-refractivity contribution in [1.29, 1.82) is 0 Å². The Labute approximate surface area is 114 Å². The topological polar surface area (TPSA) is 57.5 Å². The van der Waals surface area contributed by atoms with Crippen molar-refractivity contribution in [2.45, 2.75) is 51.6 Å². The lowest BCUT2D eigenvalue weighted by atomic mass is 9.59. The van der Waals surface area contributed by atoms with Gasteiger partial charge >= 0.3 is 5.97 Å². The minimum atomic E-state index is -1.31. The molecular weight excluding hydrogens is 240 g/mol. The molecule has 0 radical (unpaired) electrons. The van der Waals surface area contributed by atoms with Crippen LogP contribution in [0.2, 0.25) is 0 Å². The second-order valence-electron chi connectivity index (χ2n) is 6.72. The van der Waals surface area contributed by atoms with Crippen molar-refractivity contribution in [3.8, 4) is 0 Å². The monoisotopic (exact) mass is 262 g/mol. The van der Waals surface area contributed by atoms with Gasteiger partial charge < -0.3 is 10.2 Å². The summed E-state index contributed by atoms with van der Waals surface area (Å²) in [6.45, 7) is 7.48. The van der Waals surface area contributed by atoms with Crippen molar-refractivity contribution in [2.24, 2.45) is 5.41 Å². The van der Waals surface area contributed by atoms with Crippen molar-refractivity contribution in [3.05, 3.63) is 35.4 Å². The van der Waals surface area contributed by atoms with E-state index < -0.39 is 17.0 Å². The van der Waals surface area contributed by atoms with Gasteiger partial charge in [-0.3, -0.25) is 4.79 Å². The number of aliphatic hydroxyl groups is 1. The van der Waals surface area contributed by atoms with Crippen LogP contribution in [-0.4, -0.2) is 16.2 Å². The first-order valence-electron chi connectivity index (χ1n) is 6.69. The van der Waals surface area contributed by atoms with Crippen LogP contribution in [0.1, 0.15) is 51.7 Å². The molecular formula is C16H22O3. The molecule has 0 bridgehead atoms. The number of fused-ring (bicyclic) bond motifs is 1. The van der Waals surface area contributed by atoms with Gasteiger partial charge in [-0.25, -0.2) is 0 Å². The van der Waals surface area contributed by atoms with Crippen LogP contribution >= 0.6 is 0 Å². The second kappa shape index (κ2) is 4.07. The molecule has 0 amide bonds.